The van der Waals surface area contributed by atoms with Crippen LogP contribution in [0.1, 0.15) is 41.7 Å². The number of rotatable bonds is 1. The number of nitrogens with one attached hydrogen (secondary N) is 1. The van der Waals surface area contributed by atoms with Crippen molar-refractivity contribution in [2.75, 3.05) is 13.1 Å². The van der Waals surface area contributed by atoms with Crippen LogP contribution >= 0.6 is 0 Å². The summed E-state index contributed by atoms with van der Waals surface area (Å²) in [5.41, 5.74) is 2.22. The van der Waals surface area contributed by atoms with Gasteiger partial charge in [0.25, 0.3) is 5.91 Å². The van der Waals surface area contributed by atoms with Crippen LogP contribution < -0.4 is 0 Å². The molecule has 1 amide bonds. The molecule has 0 aliphatic carbocycles. The number of amides is 1. The first kappa shape index (κ1) is 11.6. The standard InChI is InChI=1S/C12H16FN3O2/c1-6-3-9-10(7(2)18-6)14-15-11(9)12(17)16-4-8(13)5-16/h6-8H,3-5H2,1-2H3,(H,14,15)/t6-,7+/m1/s1. The van der Waals surface area contributed by atoms with Gasteiger partial charge >= 0.3 is 0 Å². The number of halogens is 1. The maximum atomic E-state index is 12.8. The van der Waals surface area contributed by atoms with Gasteiger partial charge in [-0.15, -0.1) is 0 Å². The summed E-state index contributed by atoms with van der Waals surface area (Å²) in [4.78, 5) is 13.6. The number of carbonyl (C=O) groups excluding carboxylic acids is 1. The fourth-order valence-corrected chi connectivity index (χ4v) is 2.59. The van der Waals surface area contributed by atoms with Gasteiger partial charge in [-0.05, 0) is 13.8 Å². The first-order valence-corrected chi connectivity index (χ1v) is 6.22. The lowest BCUT2D eigenvalue weighted by atomic mass is 9.99. The molecular weight excluding hydrogens is 237 g/mol. The highest BCUT2D eigenvalue weighted by atomic mass is 19.1. The number of H-pyrrole nitrogens is 1. The van der Waals surface area contributed by atoms with Crippen LogP contribution in [0.15, 0.2) is 0 Å². The van der Waals surface area contributed by atoms with E-state index in [0.29, 0.717) is 12.1 Å². The molecule has 98 valence electrons. The molecule has 0 saturated carbocycles. The van der Waals surface area contributed by atoms with Gasteiger partial charge in [-0.25, -0.2) is 4.39 Å². The van der Waals surface area contributed by atoms with E-state index in [1.807, 2.05) is 13.8 Å². The lowest BCUT2D eigenvalue weighted by Gasteiger charge is -2.34. The molecule has 1 fully saturated rings. The largest absolute Gasteiger partial charge is 0.369 e. The highest BCUT2D eigenvalue weighted by Gasteiger charge is 2.36. The minimum Gasteiger partial charge on any atom is -0.369 e. The SMILES string of the molecule is C[C@@H]1Cc2c(C(=O)N3CC(F)C3)n[nH]c2[C@H](C)O1. The number of hydrogen-bond acceptors (Lipinski definition) is 3. The summed E-state index contributed by atoms with van der Waals surface area (Å²) in [5, 5.41) is 6.97. The lowest BCUT2D eigenvalue weighted by Crippen LogP contribution is -2.51. The Kier molecular flexibility index (Phi) is 2.62. The molecule has 3 heterocycles. The number of hydrogen-bond donors (Lipinski definition) is 1. The topological polar surface area (TPSA) is 58.2 Å². The van der Waals surface area contributed by atoms with E-state index in [4.69, 9.17) is 4.74 Å². The van der Waals surface area contributed by atoms with E-state index in [2.05, 4.69) is 10.2 Å². The second-order valence-electron chi connectivity index (χ2n) is 5.06. The number of fused-ring (bicyclic) bond motifs is 1. The van der Waals surface area contributed by atoms with E-state index in [9.17, 15) is 9.18 Å². The van der Waals surface area contributed by atoms with Crippen molar-refractivity contribution < 1.29 is 13.9 Å². The molecule has 2 aliphatic heterocycles. The van der Waals surface area contributed by atoms with Crippen LogP contribution in [0.4, 0.5) is 4.39 Å². The normalized spacial score (nSPS) is 27.8. The second kappa shape index (κ2) is 4.05. The summed E-state index contributed by atoms with van der Waals surface area (Å²) in [5.74, 6) is -0.178. The predicted octanol–water partition coefficient (Wildman–Crippen LogP) is 1.23. The van der Waals surface area contributed by atoms with Crippen molar-refractivity contribution >= 4 is 5.91 Å². The number of carbonyl (C=O) groups is 1. The number of aromatic nitrogens is 2. The van der Waals surface area contributed by atoms with Crippen molar-refractivity contribution in [1.29, 1.82) is 0 Å². The van der Waals surface area contributed by atoms with E-state index in [1.165, 1.54) is 4.90 Å². The Morgan fingerprint density at radius 3 is 2.89 bits per heavy atom. The molecule has 2 atom stereocenters. The van der Waals surface area contributed by atoms with E-state index in [1.54, 1.807) is 0 Å². The number of alkyl halides is 1. The third kappa shape index (κ3) is 1.71. The summed E-state index contributed by atoms with van der Waals surface area (Å²) in [7, 11) is 0. The summed E-state index contributed by atoms with van der Waals surface area (Å²) in [6.45, 7) is 4.27. The molecule has 1 N–H and O–H groups in total. The fourth-order valence-electron chi connectivity index (χ4n) is 2.59. The lowest BCUT2D eigenvalue weighted by molar-refractivity contribution is -0.00713. The molecule has 1 saturated heterocycles. The molecule has 0 unspecified atom stereocenters. The summed E-state index contributed by atoms with van der Waals surface area (Å²) < 4.78 is 18.5. The third-order valence-electron chi connectivity index (χ3n) is 3.56. The average molecular weight is 253 g/mol. The number of aromatic amines is 1. The summed E-state index contributed by atoms with van der Waals surface area (Å²) in [6.07, 6.45) is -0.223. The quantitative estimate of drug-likeness (QED) is 0.818. The molecule has 1 aromatic heterocycles. The van der Waals surface area contributed by atoms with Gasteiger partial charge in [-0.1, -0.05) is 0 Å². The maximum Gasteiger partial charge on any atom is 0.274 e. The van der Waals surface area contributed by atoms with Crippen molar-refractivity contribution in [1.82, 2.24) is 15.1 Å². The summed E-state index contributed by atoms with van der Waals surface area (Å²) >= 11 is 0. The highest BCUT2D eigenvalue weighted by molar-refractivity contribution is 5.94. The highest BCUT2D eigenvalue weighted by Crippen LogP contribution is 2.31. The van der Waals surface area contributed by atoms with Crippen molar-refractivity contribution in [3.8, 4) is 0 Å². The predicted molar refractivity (Wildman–Crippen MR) is 62.1 cm³/mol. The summed E-state index contributed by atoms with van der Waals surface area (Å²) in [6, 6.07) is 0. The van der Waals surface area contributed by atoms with E-state index >= 15 is 0 Å². The van der Waals surface area contributed by atoms with Gasteiger partial charge in [0.1, 0.15) is 6.17 Å². The third-order valence-corrected chi connectivity index (χ3v) is 3.56. The van der Waals surface area contributed by atoms with Crippen LogP contribution in [-0.2, 0) is 11.2 Å². The number of nitrogens with zero attached hydrogens (tertiary/aromatic N) is 2. The van der Waals surface area contributed by atoms with Crippen LogP contribution in [0.5, 0.6) is 0 Å². The fraction of sp³-hybridized carbons (Fsp3) is 0.667. The van der Waals surface area contributed by atoms with Gasteiger partial charge in [0, 0.05) is 12.0 Å². The zero-order valence-corrected chi connectivity index (χ0v) is 10.4. The van der Waals surface area contributed by atoms with Gasteiger partial charge in [0.05, 0.1) is 31.0 Å². The Hall–Kier alpha value is -1.43. The van der Waals surface area contributed by atoms with Crippen LogP contribution in [0.2, 0.25) is 0 Å². The van der Waals surface area contributed by atoms with E-state index in [0.717, 1.165) is 11.3 Å². The number of likely N-dealkylation sites (tertiary alicyclic amines) is 1. The zero-order chi connectivity index (χ0) is 12.9. The van der Waals surface area contributed by atoms with Gasteiger partial charge in [-0.3, -0.25) is 9.89 Å². The first-order chi connectivity index (χ1) is 8.56. The smallest absolute Gasteiger partial charge is 0.274 e. The van der Waals surface area contributed by atoms with Crippen molar-refractivity contribution in [3.05, 3.63) is 17.0 Å². The van der Waals surface area contributed by atoms with E-state index in [-0.39, 0.29) is 31.2 Å². The molecule has 5 nitrogen and oxygen atoms in total. The van der Waals surface area contributed by atoms with Crippen LogP contribution in [0, 0.1) is 0 Å². The first-order valence-electron chi connectivity index (χ1n) is 6.22. The molecule has 0 bridgehead atoms. The Bertz CT molecular complexity index is 482. The molecule has 6 heteroatoms. The van der Waals surface area contributed by atoms with Crippen molar-refractivity contribution in [3.63, 3.8) is 0 Å². The van der Waals surface area contributed by atoms with Crippen LogP contribution in [-0.4, -0.2) is 46.4 Å². The maximum absolute atomic E-state index is 12.8. The molecule has 1 aromatic rings. The Morgan fingerprint density at radius 2 is 2.22 bits per heavy atom. The van der Waals surface area contributed by atoms with Gasteiger partial charge in [-0.2, -0.15) is 5.10 Å². The number of ether oxygens (including phenoxy) is 1. The van der Waals surface area contributed by atoms with E-state index < -0.39 is 6.17 Å². The van der Waals surface area contributed by atoms with Crippen LogP contribution in [0.3, 0.4) is 0 Å². The molecule has 0 radical (unpaired) electrons. The van der Waals surface area contributed by atoms with Gasteiger partial charge in [0.2, 0.25) is 0 Å². The Labute approximate surface area is 104 Å². The molecule has 2 aliphatic rings. The second-order valence-corrected chi connectivity index (χ2v) is 5.06. The Balaban J connectivity index is 1.88. The minimum absolute atomic E-state index is 0.0713. The zero-order valence-electron chi connectivity index (χ0n) is 10.4. The average Bonchev–Trinajstić information content (AvgIpc) is 2.67. The van der Waals surface area contributed by atoms with Crippen molar-refractivity contribution in [2.24, 2.45) is 0 Å². The Morgan fingerprint density at radius 1 is 1.50 bits per heavy atom. The van der Waals surface area contributed by atoms with Gasteiger partial charge < -0.3 is 9.64 Å². The molecular formula is C12H16FN3O2. The van der Waals surface area contributed by atoms with Gasteiger partial charge in [0.15, 0.2) is 5.69 Å². The monoisotopic (exact) mass is 253 g/mol. The van der Waals surface area contributed by atoms with Crippen molar-refractivity contribution in [2.45, 2.75) is 38.6 Å². The molecule has 0 aromatic carbocycles. The minimum atomic E-state index is -0.884. The molecule has 18 heavy (non-hydrogen) atoms. The van der Waals surface area contributed by atoms with Crippen LogP contribution in [0.25, 0.3) is 0 Å². The molecule has 0 spiro atoms. The molecule has 3 rings (SSSR count).